The third-order valence-electron chi connectivity index (χ3n) is 7.57. The number of allylic oxidation sites excluding steroid dienone is 6. The number of aromatic hydroxyl groups is 1. The van der Waals surface area contributed by atoms with Crippen LogP contribution in [0.3, 0.4) is 0 Å². The zero-order valence-corrected chi connectivity index (χ0v) is 26.7. The minimum atomic E-state index is -0.330. The molecule has 236 valence electrons. The van der Waals surface area contributed by atoms with Crippen LogP contribution in [0, 0.1) is 5.41 Å². The Kier molecular flexibility index (Phi) is 11.1. The van der Waals surface area contributed by atoms with Gasteiger partial charge in [0.2, 0.25) is 0 Å². The zero-order valence-electron chi connectivity index (χ0n) is 26.7. The van der Waals surface area contributed by atoms with Gasteiger partial charge in [0.25, 0.3) is 5.91 Å². The maximum atomic E-state index is 13.2. The number of carbonyl (C=O) groups is 2. The highest BCUT2D eigenvalue weighted by Crippen LogP contribution is 2.27. The van der Waals surface area contributed by atoms with E-state index in [1.54, 1.807) is 41.1 Å². The van der Waals surface area contributed by atoms with E-state index in [0.717, 1.165) is 30.5 Å². The first kappa shape index (κ1) is 33.0. The van der Waals surface area contributed by atoms with Gasteiger partial charge in [-0.2, -0.15) is 0 Å². The fourth-order valence-corrected chi connectivity index (χ4v) is 4.75. The highest BCUT2D eigenvalue weighted by molar-refractivity contribution is 6.08. The number of methoxy groups -OCH3 is 1. The predicted octanol–water partition coefficient (Wildman–Crippen LogP) is 6.91. The minimum absolute atomic E-state index is 0.0893. The van der Waals surface area contributed by atoms with Crippen molar-refractivity contribution >= 4 is 17.8 Å². The molecule has 2 heterocycles. The highest BCUT2D eigenvalue weighted by atomic mass is 16.5. The van der Waals surface area contributed by atoms with Crippen molar-refractivity contribution in [3.05, 3.63) is 107 Å². The van der Waals surface area contributed by atoms with Crippen LogP contribution in [0.15, 0.2) is 90.3 Å². The van der Waals surface area contributed by atoms with Gasteiger partial charge in [-0.1, -0.05) is 61.1 Å². The van der Waals surface area contributed by atoms with Gasteiger partial charge in [-0.05, 0) is 74.4 Å². The van der Waals surface area contributed by atoms with Gasteiger partial charge in [-0.25, -0.2) is 4.68 Å². The third-order valence-corrected chi connectivity index (χ3v) is 7.57. The molecule has 2 aromatic carbocycles. The smallest absolute Gasteiger partial charge is 0.250 e. The topological polar surface area (TPSA) is 107 Å². The van der Waals surface area contributed by atoms with Crippen LogP contribution in [0.5, 0.6) is 17.2 Å². The summed E-state index contributed by atoms with van der Waals surface area (Å²) in [5.41, 5.74) is 3.75. The normalized spacial score (nSPS) is 18.7. The van der Waals surface area contributed by atoms with Gasteiger partial charge in [0, 0.05) is 17.8 Å². The van der Waals surface area contributed by atoms with Gasteiger partial charge in [-0.15, -0.1) is 5.10 Å². The third kappa shape index (κ3) is 9.79. The molecular weight excluding hydrogens is 568 g/mol. The molecule has 0 saturated heterocycles. The van der Waals surface area contributed by atoms with Gasteiger partial charge in [-0.3, -0.25) is 9.59 Å². The SMILES string of the molecule is COc1cccc(/C=C/C(=O)c2ccc(OCCn3cc(CN4C(=O)/C=C\C(C)(C)C/C=C(/C)CC/C=C\4C)nn3)cc2O)c1. The average Bonchev–Trinajstić information content (AvgIpc) is 3.47. The Balaban J connectivity index is 1.34. The van der Waals surface area contributed by atoms with Crippen molar-refractivity contribution in [2.24, 2.45) is 5.41 Å². The summed E-state index contributed by atoms with van der Waals surface area (Å²) in [5.74, 6) is 0.528. The van der Waals surface area contributed by atoms with Crippen molar-refractivity contribution in [3.8, 4) is 17.2 Å². The van der Waals surface area contributed by atoms with E-state index in [9.17, 15) is 14.7 Å². The average molecular weight is 611 g/mol. The van der Waals surface area contributed by atoms with Crippen LogP contribution >= 0.6 is 0 Å². The number of rotatable bonds is 10. The minimum Gasteiger partial charge on any atom is -0.507 e. The molecular formula is C36H42N4O5. The van der Waals surface area contributed by atoms with Crippen LogP contribution in [0.1, 0.15) is 68.6 Å². The maximum absolute atomic E-state index is 13.2. The molecule has 0 unspecified atom stereocenters. The number of hydrogen-bond acceptors (Lipinski definition) is 7. The first-order valence-corrected chi connectivity index (χ1v) is 15.1. The van der Waals surface area contributed by atoms with Gasteiger partial charge >= 0.3 is 0 Å². The van der Waals surface area contributed by atoms with E-state index in [2.05, 4.69) is 43.2 Å². The Morgan fingerprint density at radius 1 is 1.11 bits per heavy atom. The molecule has 1 aliphatic rings. The number of benzene rings is 2. The monoisotopic (exact) mass is 610 g/mol. The summed E-state index contributed by atoms with van der Waals surface area (Å²) < 4.78 is 12.7. The summed E-state index contributed by atoms with van der Waals surface area (Å²) in [6, 6.07) is 11.9. The van der Waals surface area contributed by atoms with Gasteiger partial charge in [0.1, 0.15) is 29.5 Å². The fraction of sp³-hybridized carbons (Fsp3) is 0.333. The van der Waals surface area contributed by atoms with E-state index in [4.69, 9.17) is 9.47 Å². The molecule has 9 heteroatoms. The van der Waals surface area contributed by atoms with Crippen LogP contribution in [0.4, 0.5) is 0 Å². The van der Waals surface area contributed by atoms with Gasteiger partial charge in [0.05, 0.1) is 32.0 Å². The molecule has 0 fully saturated rings. The van der Waals surface area contributed by atoms with Crippen LogP contribution in [-0.2, 0) is 17.9 Å². The lowest BCUT2D eigenvalue weighted by atomic mass is 9.87. The molecule has 0 bridgehead atoms. The largest absolute Gasteiger partial charge is 0.507 e. The number of carbonyl (C=O) groups excluding carboxylic acids is 2. The van der Waals surface area contributed by atoms with Crippen molar-refractivity contribution in [2.75, 3.05) is 13.7 Å². The standard InChI is InChI=1S/C36H42N4O5/c1-26-8-6-9-27(2)40(35(43)17-19-36(3,4)18-16-26)25-29-24-39(38-37-29)20-21-45-31-13-14-32(34(42)23-31)33(41)15-12-28-10-7-11-30(22-28)44-5/h7,9-17,19,22-24,42H,6,8,18,20-21,25H2,1-5H3/b15-12+,19-17-,26-16-,27-9-. The van der Waals surface area contributed by atoms with Crippen molar-refractivity contribution in [2.45, 2.75) is 60.0 Å². The number of phenolic OH excluding ortho intramolecular Hbond substituents is 1. The van der Waals surface area contributed by atoms with Crippen LogP contribution in [0.25, 0.3) is 6.08 Å². The lowest BCUT2D eigenvalue weighted by molar-refractivity contribution is -0.124. The molecule has 9 nitrogen and oxygen atoms in total. The summed E-state index contributed by atoms with van der Waals surface area (Å²) in [6.07, 6.45) is 15.6. The Hall–Kier alpha value is -4.92. The van der Waals surface area contributed by atoms with Crippen molar-refractivity contribution in [3.63, 3.8) is 0 Å². The fourth-order valence-electron chi connectivity index (χ4n) is 4.75. The predicted molar refractivity (Wildman–Crippen MR) is 175 cm³/mol. The number of amides is 1. The number of ketones is 1. The Bertz CT molecular complexity index is 1630. The molecule has 1 aromatic heterocycles. The Morgan fingerprint density at radius 2 is 1.93 bits per heavy atom. The molecule has 0 spiro atoms. The van der Waals surface area contributed by atoms with Gasteiger partial charge < -0.3 is 19.5 Å². The van der Waals surface area contributed by atoms with Crippen molar-refractivity contribution < 1.29 is 24.2 Å². The number of ether oxygens (including phenoxy) is 2. The van der Waals surface area contributed by atoms with E-state index in [1.165, 1.54) is 23.8 Å². The number of phenols is 1. The Labute approximate surface area is 265 Å². The van der Waals surface area contributed by atoms with E-state index < -0.39 is 0 Å². The number of nitrogens with zero attached hydrogens (tertiary/aromatic N) is 4. The summed E-state index contributed by atoms with van der Waals surface area (Å²) in [7, 11) is 1.58. The van der Waals surface area contributed by atoms with Crippen molar-refractivity contribution in [1.82, 2.24) is 19.9 Å². The molecule has 0 atom stereocenters. The summed E-state index contributed by atoms with van der Waals surface area (Å²) in [6.45, 7) is 9.33. The highest BCUT2D eigenvalue weighted by Gasteiger charge is 2.19. The van der Waals surface area contributed by atoms with Crippen molar-refractivity contribution in [1.29, 1.82) is 0 Å². The molecule has 3 aromatic rings. The second-order valence-electron chi connectivity index (χ2n) is 11.9. The number of hydrogen-bond donors (Lipinski definition) is 1. The molecule has 0 aliphatic carbocycles. The lowest BCUT2D eigenvalue weighted by Gasteiger charge is -2.23. The zero-order chi connectivity index (χ0) is 32.4. The molecule has 45 heavy (non-hydrogen) atoms. The van der Waals surface area contributed by atoms with Crippen LogP contribution < -0.4 is 9.47 Å². The van der Waals surface area contributed by atoms with Crippen LogP contribution in [0.2, 0.25) is 0 Å². The molecule has 0 saturated carbocycles. The molecule has 1 amide bonds. The quantitative estimate of drug-likeness (QED) is 0.151. The van der Waals surface area contributed by atoms with E-state index in [-0.39, 0.29) is 35.0 Å². The first-order chi connectivity index (χ1) is 21.5. The van der Waals surface area contributed by atoms with E-state index in [1.807, 2.05) is 37.3 Å². The maximum Gasteiger partial charge on any atom is 0.250 e. The Morgan fingerprint density at radius 3 is 2.71 bits per heavy atom. The molecule has 0 radical (unpaired) electrons. The summed E-state index contributed by atoms with van der Waals surface area (Å²) >= 11 is 0. The molecule has 4 rings (SSSR count). The first-order valence-electron chi connectivity index (χ1n) is 15.1. The van der Waals surface area contributed by atoms with E-state index >= 15 is 0 Å². The van der Waals surface area contributed by atoms with E-state index in [0.29, 0.717) is 30.3 Å². The van der Waals surface area contributed by atoms with Crippen LogP contribution in [-0.4, -0.2) is 50.4 Å². The number of aromatic nitrogens is 3. The lowest BCUT2D eigenvalue weighted by Crippen LogP contribution is -2.28. The molecule has 1 aliphatic heterocycles. The summed E-state index contributed by atoms with van der Waals surface area (Å²) in [4.78, 5) is 27.6. The molecule has 1 N–H and O–H groups in total. The second kappa shape index (κ2) is 15.2. The summed E-state index contributed by atoms with van der Waals surface area (Å²) in [5, 5.41) is 19.0. The second-order valence-corrected chi connectivity index (χ2v) is 11.9. The van der Waals surface area contributed by atoms with Gasteiger partial charge in [0.15, 0.2) is 5.78 Å².